The van der Waals surface area contributed by atoms with Crippen molar-refractivity contribution in [2.45, 2.75) is 281 Å². The molecular weight excluding hydrogens is 708 g/mol. The molecule has 0 radical (unpaired) electrons. The van der Waals surface area contributed by atoms with E-state index in [-0.39, 0.29) is 56.3 Å². The van der Waals surface area contributed by atoms with Crippen LogP contribution in [0.5, 0.6) is 0 Å². The van der Waals surface area contributed by atoms with Crippen LogP contribution in [0.25, 0.3) is 0 Å². The van der Waals surface area contributed by atoms with Gasteiger partial charge in [-0.25, -0.2) is 8.42 Å². The average Bonchev–Trinajstić information content (AvgIpc) is 3.15. The third kappa shape index (κ3) is 39.6. The van der Waals surface area contributed by atoms with Crippen molar-refractivity contribution in [2.24, 2.45) is 0 Å². The summed E-state index contributed by atoms with van der Waals surface area (Å²) < 4.78 is 33.5. The molecule has 3 nitrogen and oxygen atoms in total. The van der Waals surface area contributed by atoms with Gasteiger partial charge in [0.25, 0.3) is 0 Å². The molecule has 1 aromatic carbocycles. The van der Waals surface area contributed by atoms with E-state index < -0.39 is 10.1 Å². The SMILES string of the molecule is CCCCCCCCCCCCCCCCCCCCCCCCCCCCCCCCCCCCCCCCCCCc1cccc(S(=O)(=O)[O-])c1.[K+]. The second-order valence-electron chi connectivity index (χ2n) is 17.0. The van der Waals surface area contributed by atoms with Gasteiger partial charge in [0, 0.05) is 0 Å². The van der Waals surface area contributed by atoms with Crippen LogP contribution in [-0.4, -0.2) is 13.0 Å². The van der Waals surface area contributed by atoms with Gasteiger partial charge < -0.3 is 4.55 Å². The van der Waals surface area contributed by atoms with Gasteiger partial charge in [-0.3, -0.25) is 0 Å². The van der Waals surface area contributed by atoms with Gasteiger partial charge in [0.1, 0.15) is 10.1 Å². The fraction of sp³-hybridized carbons (Fsp3) is 0.878. The van der Waals surface area contributed by atoms with Crippen LogP contribution in [0.1, 0.15) is 276 Å². The first-order valence-corrected chi connectivity index (χ1v) is 25.5. The quantitative estimate of drug-likeness (QED) is 0.0376. The second-order valence-corrected chi connectivity index (χ2v) is 18.4. The molecule has 1 rings (SSSR count). The maximum Gasteiger partial charge on any atom is 1.00 e. The van der Waals surface area contributed by atoms with Gasteiger partial charge in [-0.2, -0.15) is 0 Å². The predicted octanol–water partition coefficient (Wildman–Crippen LogP) is 14.2. The summed E-state index contributed by atoms with van der Waals surface area (Å²) in [5, 5.41) is 0. The van der Waals surface area contributed by atoms with Crippen LogP contribution in [0.2, 0.25) is 0 Å². The number of hydrogen-bond acceptors (Lipinski definition) is 3. The summed E-state index contributed by atoms with van der Waals surface area (Å²) in [5.74, 6) is 0. The Morgan fingerprint density at radius 2 is 0.593 bits per heavy atom. The molecule has 0 saturated carbocycles. The summed E-state index contributed by atoms with van der Waals surface area (Å²) >= 11 is 0. The van der Waals surface area contributed by atoms with Crippen LogP contribution in [0.15, 0.2) is 29.2 Å². The Bertz CT molecular complexity index is 981. The summed E-state index contributed by atoms with van der Waals surface area (Å²) in [6, 6.07) is 6.51. The van der Waals surface area contributed by atoms with E-state index in [1.165, 1.54) is 269 Å². The van der Waals surface area contributed by atoms with E-state index in [9.17, 15) is 13.0 Å². The van der Waals surface area contributed by atoms with E-state index in [4.69, 9.17) is 0 Å². The fourth-order valence-electron chi connectivity index (χ4n) is 8.15. The van der Waals surface area contributed by atoms with Crippen LogP contribution in [0, 0.1) is 0 Å². The maximum absolute atomic E-state index is 11.2. The molecule has 0 heterocycles. The van der Waals surface area contributed by atoms with Crippen molar-refractivity contribution in [1.82, 2.24) is 0 Å². The molecule has 0 aromatic heterocycles. The summed E-state index contributed by atoms with van der Waals surface area (Å²) in [6.45, 7) is 2.31. The van der Waals surface area contributed by atoms with Gasteiger partial charge in [0.15, 0.2) is 0 Å². The minimum Gasteiger partial charge on any atom is -0.744 e. The van der Waals surface area contributed by atoms with E-state index >= 15 is 0 Å². The minimum absolute atomic E-state index is 0. The van der Waals surface area contributed by atoms with Gasteiger partial charge in [0.05, 0.1) is 4.90 Å². The molecule has 312 valence electrons. The van der Waals surface area contributed by atoms with Crippen molar-refractivity contribution in [2.75, 3.05) is 0 Å². The van der Waals surface area contributed by atoms with Gasteiger partial charge >= 0.3 is 51.4 Å². The zero-order chi connectivity index (χ0) is 38.2. The van der Waals surface area contributed by atoms with Crippen LogP contribution in [-0.2, 0) is 16.5 Å². The number of rotatable bonds is 43. The molecule has 1 aromatic rings. The number of benzene rings is 1. The first kappa shape index (κ1) is 54.8. The summed E-state index contributed by atoms with van der Waals surface area (Å²) in [5.41, 5.74) is 0.952. The zero-order valence-electron chi connectivity index (χ0n) is 36.6. The summed E-state index contributed by atoms with van der Waals surface area (Å²) in [7, 11) is -4.35. The molecule has 0 atom stereocenters. The van der Waals surface area contributed by atoms with Crippen molar-refractivity contribution in [3.8, 4) is 0 Å². The zero-order valence-corrected chi connectivity index (χ0v) is 40.6. The Morgan fingerprint density at radius 3 is 0.815 bits per heavy atom. The van der Waals surface area contributed by atoms with Gasteiger partial charge in [-0.15, -0.1) is 0 Å². The molecule has 0 saturated heterocycles. The first-order valence-electron chi connectivity index (χ1n) is 24.1. The Hall–Kier alpha value is 0.766. The summed E-state index contributed by atoms with van der Waals surface area (Å²) in [4.78, 5) is -0.105. The number of hydrogen-bond donors (Lipinski definition) is 0. The van der Waals surface area contributed by atoms with Crippen LogP contribution < -0.4 is 51.4 Å². The minimum atomic E-state index is -4.35. The number of unbranched alkanes of at least 4 members (excludes halogenated alkanes) is 40. The van der Waals surface area contributed by atoms with Crippen LogP contribution in [0.4, 0.5) is 0 Å². The third-order valence-electron chi connectivity index (χ3n) is 11.8. The Balaban J connectivity index is 0.0000281. The first-order chi connectivity index (χ1) is 26.0. The molecule has 0 unspecified atom stereocenters. The van der Waals surface area contributed by atoms with Crippen molar-refractivity contribution in [3.63, 3.8) is 0 Å². The van der Waals surface area contributed by atoms with Crippen molar-refractivity contribution >= 4 is 10.1 Å². The molecule has 0 aliphatic carbocycles. The third-order valence-corrected chi connectivity index (χ3v) is 12.6. The maximum atomic E-state index is 11.2. The molecule has 0 fully saturated rings. The van der Waals surface area contributed by atoms with E-state index in [0.29, 0.717) is 0 Å². The van der Waals surface area contributed by atoms with Gasteiger partial charge in [-0.1, -0.05) is 276 Å². The van der Waals surface area contributed by atoms with E-state index in [1.54, 1.807) is 6.07 Å². The van der Waals surface area contributed by atoms with Gasteiger partial charge in [-0.05, 0) is 30.5 Å². The molecular formula is C49H91KO3S. The van der Waals surface area contributed by atoms with E-state index in [2.05, 4.69) is 6.92 Å². The molecule has 0 bridgehead atoms. The van der Waals surface area contributed by atoms with Gasteiger partial charge in [0.2, 0.25) is 0 Å². The van der Waals surface area contributed by atoms with Crippen LogP contribution >= 0.6 is 0 Å². The van der Waals surface area contributed by atoms with Crippen molar-refractivity contribution in [1.29, 1.82) is 0 Å². The second kappa shape index (κ2) is 43.3. The monoisotopic (exact) mass is 799 g/mol. The van der Waals surface area contributed by atoms with Crippen molar-refractivity contribution < 1.29 is 64.4 Å². The molecule has 0 amide bonds. The fourth-order valence-corrected chi connectivity index (χ4v) is 8.69. The molecule has 5 heteroatoms. The molecule has 0 aliphatic rings. The molecule has 0 spiro atoms. The molecule has 0 aliphatic heterocycles. The normalized spacial score (nSPS) is 11.7. The Labute approximate surface area is 382 Å². The van der Waals surface area contributed by atoms with Crippen LogP contribution in [0.3, 0.4) is 0 Å². The smallest absolute Gasteiger partial charge is 0.744 e. The molecule has 54 heavy (non-hydrogen) atoms. The number of aryl methyl sites for hydroxylation is 1. The topological polar surface area (TPSA) is 57.2 Å². The average molecular weight is 799 g/mol. The Morgan fingerprint density at radius 1 is 0.370 bits per heavy atom. The Kier molecular flexibility index (Phi) is 44.0. The van der Waals surface area contributed by atoms with Crippen molar-refractivity contribution in [3.05, 3.63) is 29.8 Å². The standard InChI is InChI=1S/C49H92O3S.K/c1-2-3-4-5-6-7-8-9-10-11-12-13-14-15-16-17-18-19-20-21-22-23-24-25-26-27-28-29-30-31-32-33-34-35-36-37-38-39-40-41-42-44-48-45-43-46-49(47-48)53(50,51)52;/h43,45-47H,2-42,44H2,1H3,(H,50,51,52);/q;+1/p-1. The summed E-state index contributed by atoms with van der Waals surface area (Å²) in [6.07, 6.45) is 59.4. The van der Waals surface area contributed by atoms with E-state index in [1.807, 2.05) is 6.07 Å². The molecule has 0 N–H and O–H groups in total. The predicted molar refractivity (Wildman–Crippen MR) is 233 cm³/mol. The van der Waals surface area contributed by atoms with E-state index in [0.717, 1.165) is 18.4 Å². The largest absolute Gasteiger partial charge is 1.00 e.